The van der Waals surface area contributed by atoms with Crippen molar-refractivity contribution in [3.63, 3.8) is 0 Å². The second-order valence-corrected chi connectivity index (χ2v) is 27.0. The lowest BCUT2D eigenvalue weighted by molar-refractivity contribution is -0.433. The minimum Gasteiger partial charge on any atom is -0.504 e. The standard InChI is InChI=1S/C68H88N10O22S2/c1-37-33-78-57(58(37)85)63(90)70-32-45(80)30-48(71-59(86)40-15-17-41(18-16-40)64-75-76-65(101-64)42-19-21-47(22-20-42)95-27-11-6-4-5-10-26-94-3)60(87)72-54(38(2)79)66(91)77-34-46(81)31-49(77)61(88)73-55(52(84)28-39-14-23-50(82)53(29-39)98-102-100-99-93)62(89)74-56(67(78)92)51(83)24-25-69-44-35-96-68(97-36-44)43-12-8-7-9-13-43/h7-9,12-23,29,37-38,44-46,48-49,51-52,54-58,68-69,79-85,93H,4-6,10-11,24-28,30-36H2,1-3H3,(H,70,90)(H,71,86)(H,72,87)(H,73,88)(H,74,89)/t37-,38+,44?,45+,46+,48+,49+,51-,52-,54+,55+,56+,57+,58+,68?/m1/s1. The van der Waals surface area contributed by atoms with Gasteiger partial charge in [-0.3, -0.25) is 33.6 Å². The van der Waals surface area contributed by atoms with Gasteiger partial charge in [-0.1, -0.05) is 95.4 Å². The number of phenolic OH excluding ortho intramolecular Hbond substituents is 1. The molecule has 5 heterocycles. The van der Waals surface area contributed by atoms with Gasteiger partial charge in [0.1, 0.15) is 52.0 Å². The maximum Gasteiger partial charge on any atom is 0.261 e. The highest BCUT2D eigenvalue weighted by molar-refractivity contribution is 7.90. The fourth-order valence-electron chi connectivity index (χ4n) is 12.3. The molecule has 4 aliphatic rings. The summed E-state index contributed by atoms with van der Waals surface area (Å²) in [6, 6.07) is 14.7. The monoisotopic (exact) mass is 1460 g/mol. The second kappa shape index (κ2) is 37.9. The fraction of sp³-hybridized carbons (Fsp3) is 0.515. The zero-order chi connectivity index (χ0) is 73.0. The third-order valence-corrected chi connectivity index (χ3v) is 19.3. The van der Waals surface area contributed by atoms with Crippen molar-refractivity contribution in [2.24, 2.45) is 5.92 Å². The van der Waals surface area contributed by atoms with Crippen LogP contribution in [0.4, 0.5) is 0 Å². The topological polar surface area (TPSA) is 450 Å². The van der Waals surface area contributed by atoms with E-state index in [4.69, 9.17) is 28.4 Å². The summed E-state index contributed by atoms with van der Waals surface area (Å²) in [4.78, 5) is 105. The zero-order valence-electron chi connectivity index (χ0n) is 56.3. The first-order chi connectivity index (χ1) is 49.1. The molecule has 7 amide bonds. The quantitative estimate of drug-likeness (QED) is 0.0151. The minimum atomic E-state index is -2.14. The van der Waals surface area contributed by atoms with Crippen molar-refractivity contribution in [2.75, 3.05) is 59.7 Å². The number of amides is 7. The number of unbranched alkanes of at least 4 members (excludes halogenated alkanes) is 4. The molecule has 14 N–H and O–H groups in total. The summed E-state index contributed by atoms with van der Waals surface area (Å²) in [5.41, 5.74) is 2.31. The van der Waals surface area contributed by atoms with E-state index in [1.165, 1.54) is 42.5 Å². The van der Waals surface area contributed by atoms with Gasteiger partial charge in [0.2, 0.25) is 35.4 Å². The predicted octanol–water partition coefficient (Wildman–Crippen LogP) is 0.959. The van der Waals surface area contributed by atoms with Gasteiger partial charge in [0, 0.05) is 80.8 Å². The number of aliphatic hydroxyl groups excluding tert-OH is 6. The van der Waals surface area contributed by atoms with Crippen LogP contribution in [0.25, 0.3) is 21.1 Å². The molecule has 4 aliphatic heterocycles. The van der Waals surface area contributed by atoms with E-state index in [0.717, 1.165) is 78.4 Å². The molecule has 4 saturated heterocycles. The van der Waals surface area contributed by atoms with Crippen molar-refractivity contribution in [1.82, 2.24) is 51.9 Å². The van der Waals surface area contributed by atoms with Crippen LogP contribution in [-0.4, -0.2) is 241 Å². The normalized spacial score (nSPS) is 25.7. The van der Waals surface area contributed by atoms with E-state index in [0.29, 0.717) is 22.2 Å². The molecule has 5 aromatic rings. The molecule has 4 aromatic carbocycles. The summed E-state index contributed by atoms with van der Waals surface area (Å²) < 4.78 is 32.4. The summed E-state index contributed by atoms with van der Waals surface area (Å²) in [5.74, 6) is -8.68. The minimum absolute atomic E-state index is 0.0165. The van der Waals surface area contributed by atoms with E-state index in [-0.39, 0.29) is 61.9 Å². The van der Waals surface area contributed by atoms with Crippen LogP contribution < -0.4 is 40.8 Å². The number of rotatable bonds is 27. The number of carbonyl (C=O) groups is 7. The maximum atomic E-state index is 15.2. The van der Waals surface area contributed by atoms with E-state index in [9.17, 15) is 59.7 Å². The van der Waals surface area contributed by atoms with Gasteiger partial charge in [0.15, 0.2) is 17.8 Å². The third kappa shape index (κ3) is 21.1. The van der Waals surface area contributed by atoms with Gasteiger partial charge in [-0.15, -0.1) is 10.2 Å². The Hall–Kier alpha value is -8.04. The Morgan fingerprint density at radius 3 is 2.06 bits per heavy atom. The fourth-order valence-corrected chi connectivity index (χ4v) is 13.5. The molecular weight excluding hydrogens is 1370 g/mol. The Morgan fingerprint density at radius 2 is 1.38 bits per heavy atom. The molecule has 554 valence electrons. The van der Waals surface area contributed by atoms with Crippen molar-refractivity contribution < 1.29 is 107 Å². The van der Waals surface area contributed by atoms with Gasteiger partial charge in [-0.25, -0.2) is 5.26 Å². The number of carbonyl (C=O) groups excluding carboxylic acids is 7. The van der Waals surface area contributed by atoms with E-state index in [1.807, 2.05) is 54.6 Å². The van der Waals surface area contributed by atoms with Gasteiger partial charge in [-0.2, -0.15) is 0 Å². The van der Waals surface area contributed by atoms with Crippen molar-refractivity contribution >= 4 is 65.0 Å². The van der Waals surface area contributed by atoms with Crippen molar-refractivity contribution in [1.29, 1.82) is 0 Å². The number of aromatic hydroxyl groups is 1. The molecule has 0 bridgehead atoms. The highest BCUT2D eigenvalue weighted by Crippen LogP contribution is 2.34. The van der Waals surface area contributed by atoms with Gasteiger partial charge in [0.05, 0.1) is 62.5 Å². The smallest absolute Gasteiger partial charge is 0.261 e. The summed E-state index contributed by atoms with van der Waals surface area (Å²) in [6.07, 6.45) is -7.82. The molecule has 0 saturated carbocycles. The number of benzene rings is 4. The molecule has 34 heteroatoms. The lowest BCUT2D eigenvalue weighted by Crippen LogP contribution is -2.64. The highest BCUT2D eigenvalue weighted by Gasteiger charge is 2.50. The van der Waals surface area contributed by atoms with Crippen LogP contribution in [0.5, 0.6) is 17.2 Å². The summed E-state index contributed by atoms with van der Waals surface area (Å²) >= 11 is 1.38. The number of nitrogens with zero attached hydrogens (tertiary/aromatic N) is 4. The molecule has 4 fully saturated rings. The Bertz CT molecular complexity index is 3580. The van der Waals surface area contributed by atoms with Gasteiger partial charge < -0.3 is 101 Å². The molecule has 0 radical (unpaired) electrons. The van der Waals surface area contributed by atoms with E-state index in [2.05, 4.69) is 51.5 Å². The number of methoxy groups -OCH3 is 1. The van der Waals surface area contributed by atoms with E-state index >= 15 is 9.59 Å². The summed E-state index contributed by atoms with van der Waals surface area (Å²) in [6.45, 7) is 2.70. The van der Waals surface area contributed by atoms with Crippen molar-refractivity contribution in [3.8, 4) is 38.4 Å². The lowest BCUT2D eigenvalue weighted by atomic mass is 9.98. The average Bonchev–Trinajstić information content (AvgIpc) is 1.63. The van der Waals surface area contributed by atoms with Gasteiger partial charge in [0.25, 0.3) is 18.2 Å². The number of phenols is 1. The average molecular weight is 1460 g/mol. The first-order valence-corrected chi connectivity index (χ1v) is 35.1. The molecule has 0 spiro atoms. The Morgan fingerprint density at radius 1 is 0.735 bits per heavy atom. The SMILES string of the molecule is COCCCCCCCOc1ccc(-c2nnc(-c3ccc(C(=O)N[C@H]4C[C@H](O)CNC(=O)[C@@H]5[C@@H](O)[C@H](C)CN5C(=O)[C@H]([C@H](O)CCNC5COC(c6ccccc6)OC5)NC(=O)[C@H]([C@H](O)Cc5ccc(O)c(OSOOO)c5)NC(=O)[C@@H]5C[C@H](O)CN5C(=O)[C@H]([C@H](C)O)NC4=O)cc3)s2)cc1. The van der Waals surface area contributed by atoms with Crippen LogP contribution in [0, 0.1) is 5.92 Å². The molecular formula is C68H88N10O22S2. The number of hydrogen-bond acceptors (Lipinski definition) is 27. The predicted molar refractivity (Wildman–Crippen MR) is 365 cm³/mol. The highest BCUT2D eigenvalue weighted by atomic mass is 32.2. The van der Waals surface area contributed by atoms with Crippen LogP contribution in [0.3, 0.4) is 0 Å². The number of aliphatic hydroxyl groups is 6. The maximum absolute atomic E-state index is 15.2. The van der Waals surface area contributed by atoms with Crippen LogP contribution in [0.2, 0.25) is 0 Å². The van der Waals surface area contributed by atoms with E-state index in [1.54, 1.807) is 19.2 Å². The number of β-amino-alcohol motifs (C(OH)–C–C–N with tert-alkyl or cyclic N) is 1. The summed E-state index contributed by atoms with van der Waals surface area (Å²) in [7, 11) is 1.70. The number of hydrogen-bond donors (Lipinski definition) is 14. The number of fused-ring (bicyclic) bond motifs is 2. The Kier molecular flexibility index (Phi) is 29.0. The van der Waals surface area contributed by atoms with E-state index < -0.39 is 171 Å². The lowest BCUT2D eigenvalue weighted by Gasteiger charge is -2.34. The first kappa shape index (κ1) is 78.1. The molecule has 32 nitrogen and oxygen atoms in total. The van der Waals surface area contributed by atoms with Crippen molar-refractivity contribution in [3.05, 3.63) is 114 Å². The number of aromatic nitrogens is 2. The molecule has 0 unspecified atom stereocenters. The van der Waals surface area contributed by atoms with Gasteiger partial charge >= 0.3 is 0 Å². The van der Waals surface area contributed by atoms with Gasteiger partial charge in [-0.05, 0) is 86.8 Å². The Labute approximate surface area is 596 Å². The molecule has 0 aliphatic carbocycles. The molecule has 1 aromatic heterocycles. The molecule has 13 atom stereocenters. The largest absolute Gasteiger partial charge is 0.504 e. The van der Waals surface area contributed by atoms with Crippen LogP contribution in [-0.2, 0) is 58.8 Å². The third-order valence-electron chi connectivity index (χ3n) is 17.9. The van der Waals surface area contributed by atoms with Crippen LogP contribution >= 0.6 is 23.7 Å². The summed E-state index contributed by atoms with van der Waals surface area (Å²) in [5, 5.41) is 118. The first-order valence-electron chi connectivity index (χ1n) is 33.6. The molecule has 102 heavy (non-hydrogen) atoms. The van der Waals surface area contributed by atoms with Crippen LogP contribution in [0.15, 0.2) is 97.1 Å². The second-order valence-electron chi connectivity index (χ2n) is 25.6. The Balaban J connectivity index is 0.967. The molecule has 9 rings (SSSR count). The number of nitrogens with one attached hydrogen (secondary N) is 6. The van der Waals surface area contributed by atoms with Crippen molar-refractivity contribution in [2.45, 2.75) is 157 Å². The number of ether oxygens (including phenoxy) is 4. The zero-order valence-corrected chi connectivity index (χ0v) is 58.0. The van der Waals surface area contributed by atoms with Crippen LogP contribution in [0.1, 0.15) is 93.0 Å².